The van der Waals surface area contributed by atoms with Gasteiger partial charge in [-0.15, -0.1) is 0 Å². The predicted octanol–water partition coefficient (Wildman–Crippen LogP) is 3.22. The van der Waals surface area contributed by atoms with E-state index in [1.165, 1.54) is 16.3 Å². The lowest BCUT2D eigenvalue weighted by molar-refractivity contribution is 0.116. The maximum Gasteiger partial charge on any atom is 0.0505 e. The van der Waals surface area contributed by atoms with Crippen LogP contribution in [0.4, 0.5) is 0 Å². The number of hydrogen-bond acceptors (Lipinski definition) is 2. The number of nitrogens with zero attached hydrogens (tertiary/aromatic N) is 1. The summed E-state index contributed by atoms with van der Waals surface area (Å²) in [6, 6.07) is 15.4. The van der Waals surface area contributed by atoms with Crippen LogP contribution in [0.3, 0.4) is 0 Å². The Morgan fingerprint density at radius 2 is 1.79 bits per heavy atom. The molecule has 0 radical (unpaired) electrons. The number of hydrogen-bond donors (Lipinski definition) is 1. The van der Waals surface area contributed by atoms with Crippen LogP contribution in [-0.4, -0.2) is 30.7 Å². The fourth-order valence-electron chi connectivity index (χ4n) is 3.26. The van der Waals surface area contributed by atoms with Crippen molar-refractivity contribution in [2.45, 2.75) is 18.9 Å². The summed E-state index contributed by atoms with van der Waals surface area (Å²) >= 11 is 0. The van der Waals surface area contributed by atoms with E-state index in [1.54, 1.807) is 0 Å². The first kappa shape index (κ1) is 12.6. The van der Waals surface area contributed by atoms with Gasteiger partial charge in [0.05, 0.1) is 6.61 Å². The van der Waals surface area contributed by atoms with E-state index in [4.69, 9.17) is 0 Å². The highest BCUT2D eigenvalue weighted by atomic mass is 16.3. The van der Waals surface area contributed by atoms with E-state index in [2.05, 4.69) is 61.5 Å². The van der Waals surface area contributed by atoms with Gasteiger partial charge in [-0.3, -0.25) is 0 Å². The van der Waals surface area contributed by atoms with Gasteiger partial charge in [-0.2, -0.15) is 0 Å². The topological polar surface area (TPSA) is 23.5 Å². The smallest absolute Gasteiger partial charge is 0.0505 e. The minimum Gasteiger partial charge on any atom is -0.396 e. The molecule has 0 amide bonds. The Morgan fingerprint density at radius 1 is 1.11 bits per heavy atom. The zero-order valence-electron chi connectivity index (χ0n) is 11.6. The molecule has 0 aromatic heterocycles. The standard InChI is InChI=1S/C17H21NO/c1-18(2)16(17(12-19)9-10-17)15-8-7-13-5-3-4-6-14(13)11-15/h3-8,11,16,19H,9-10,12H2,1-2H3. The van der Waals surface area contributed by atoms with E-state index in [1.807, 2.05) is 0 Å². The Balaban J connectivity index is 2.05. The summed E-state index contributed by atoms with van der Waals surface area (Å²) in [4.78, 5) is 2.24. The predicted molar refractivity (Wildman–Crippen MR) is 79.1 cm³/mol. The van der Waals surface area contributed by atoms with Crippen LogP contribution < -0.4 is 0 Å². The highest BCUT2D eigenvalue weighted by molar-refractivity contribution is 5.83. The summed E-state index contributed by atoms with van der Waals surface area (Å²) in [6.07, 6.45) is 2.25. The lowest BCUT2D eigenvalue weighted by Crippen LogP contribution is -2.30. The first-order valence-corrected chi connectivity index (χ1v) is 6.92. The third-order valence-electron chi connectivity index (χ3n) is 4.39. The van der Waals surface area contributed by atoms with Gasteiger partial charge >= 0.3 is 0 Å². The van der Waals surface area contributed by atoms with Crippen molar-refractivity contribution in [1.82, 2.24) is 4.90 Å². The van der Waals surface area contributed by atoms with E-state index in [9.17, 15) is 5.11 Å². The third kappa shape index (κ3) is 2.15. The molecule has 0 heterocycles. The van der Waals surface area contributed by atoms with Gasteiger partial charge in [0.15, 0.2) is 0 Å². The molecular weight excluding hydrogens is 234 g/mol. The average Bonchev–Trinajstić information content (AvgIpc) is 3.19. The molecule has 1 N–H and O–H groups in total. The van der Waals surface area contributed by atoms with Gasteiger partial charge in [0.1, 0.15) is 0 Å². The summed E-state index contributed by atoms with van der Waals surface area (Å²) < 4.78 is 0. The molecule has 0 spiro atoms. The molecular formula is C17H21NO. The average molecular weight is 255 g/mol. The lowest BCUT2D eigenvalue weighted by atomic mass is 9.88. The molecule has 3 rings (SSSR count). The largest absolute Gasteiger partial charge is 0.396 e. The summed E-state index contributed by atoms with van der Waals surface area (Å²) in [7, 11) is 4.21. The number of aliphatic hydroxyl groups is 1. The fraction of sp³-hybridized carbons (Fsp3) is 0.412. The highest BCUT2D eigenvalue weighted by Crippen LogP contribution is 2.56. The number of aliphatic hydroxyl groups excluding tert-OH is 1. The minimum atomic E-state index is 0.0754. The molecule has 1 saturated carbocycles. The zero-order valence-corrected chi connectivity index (χ0v) is 11.6. The SMILES string of the molecule is CN(C)C(c1ccc2ccccc2c1)C1(CO)CC1. The van der Waals surface area contributed by atoms with Crippen LogP contribution in [0.25, 0.3) is 10.8 Å². The second-order valence-electron chi connectivity index (χ2n) is 5.99. The molecule has 0 saturated heterocycles. The Labute approximate surface area is 114 Å². The first-order chi connectivity index (χ1) is 9.16. The van der Waals surface area contributed by atoms with E-state index in [0.29, 0.717) is 6.04 Å². The van der Waals surface area contributed by atoms with Crippen molar-refractivity contribution in [3.63, 3.8) is 0 Å². The third-order valence-corrected chi connectivity index (χ3v) is 4.39. The molecule has 1 fully saturated rings. The van der Waals surface area contributed by atoms with Gasteiger partial charge in [-0.25, -0.2) is 0 Å². The van der Waals surface area contributed by atoms with Crippen LogP contribution >= 0.6 is 0 Å². The van der Waals surface area contributed by atoms with Crippen LogP contribution in [0.2, 0.25) is 0 Å². The van der Waals surface area contributed by atoms with E-state index in [-0.39, 0.29) is 12.0 Å². The van der Waals surface area contributed by atoms with Crippen molar-refractivity contribution in [2.75, 3.05) is 20.7 Å². The summed E-state index contributed by atoms with van der Waals surface area (Å²) in [5.41, 5.74) is 1.39. The highest BCUT2D eigenvalue weighted by Gasteiger charge is 2.50. The second-order valence-corrected chi connectivity index (χ2v) is 5.99. The van der Waals surface area contributed by atoms with Gasteiger partial charge < -0.3 is 10.0 Å². The van der Waals surface area contributed by atoms with Crippen molar-refractivity contribution in [3.8, 4) is 0 Å². The van der Waals surface area contributed by atoms with Crippen molar-refractivity contribution < 1.29 is 5.11 Å². The molecule has 2 nitrogen and oxygen atoms in total. The Morgan fingerprint density at radius 3 is 2.37 bits per heavy atom. The van der Waals surface area contributed by atoms with E-state index >= 15 is 0 Å². The second kappa shape index (κ2) is 4.62. The monoisotopic (exact) mass is 255 g/mol. The molecule has 100 valence electrons. The summed E-state index contributed by atoms with van der Waals surface area (Å²) in [6.45, 7) is 0.280. The van der Waals surface area contributed by atoms with Crippen LogP contribution in [0.1, 0.15) is 24.4 Å². The van der Waals surface area contributed by atoms with Gasteiger partial charge in [0, 0.05) is 11.5 Å². The van der Waals surface area contributed by atoms with Crippen LogP contribution in [0.5, 0.6) is 0 Å². The molecule has 1 aliphatic rings. The van der Waals surface area contributed by atoms with Gasteiger partial charge in [0.25, 0.3) is 0 Å². The molecule has 0 bridgehead atoms. The molecule has 1 atom stereocenters. The van der Waals surface area contributed by atoms with Crippen molar-refractivity contribution in [1.29, 1.82) is 0 Å². The normalized spacial score (nSPS) is 18.7. The van der Waals surface area contributed by atoms with Crippen LogP contribution in [0, 0.1) is 5.41 Å². The minimum absolute atomic E-state index is 0.0754. The number of rotatable bonds is 4. The molecule has 2 aromatic carbocycles. The molecule has 0 aliphatic heterocycles. The van der Waals surface area contributed by atoms with Crippen LogP contribution in [0.15, 0.2) is 42.5 Å². The van der Waals surface area contributed by atoms with E-state index in [0.717, 1.165) is 12.8 Å². The molecule has 2 heteroatoms. The number of benzene rings is 2. The lowest BCUT2D eigenvalue weighted by Gasteiger charge is -2.32. The molecule has 1 aliphatic carbocycles. The Kier molecular flexibility index (Phi) is 3.08. The maximum absolute atomic E-state index is 9.72. The van der Waals surface area contributed by atoms with Gasteiger partial charge in [-0.05, 0) is 49.3 Å². The van der Waals surface area contributed by atoms with Crippen molar-refractivity contribution in [2.24, 2.45) is 5.41 Å². The van der Waals surface area contributed by atoms with Crippen molar-refractivity contribution in [3.05, 3.63) is 48.0 Å². The molecule has 19 heavy (non-hydrogen) atoms. The number of fused-ring (bicyclic) bond motifs is 1. The molecule has 2 aromatic rings. The fourth-order valence-corrected chi connectivity index (χ4v) is 3.26. The maximum atomic E-state index is 9.72. The molecule has 1 unspecified atom stereocenters. The Hall–Kier alpha value is -1.38. The Bertz CT molecular complexity index is 587. The van der Waals surface area contributed by atoms with Gasteiger partial charge in [0.2, 0.25) is 0 Å². The quantitative estimate of drug-likeness (QED) is 0.906. The zero-order chi connectivity index (χ0) is 13.5. The summed E-state index contributed by atoms with van der Waals surface area (Å²) in [5.74, 6) is 0. The first-order valence-electron chi connectivity index (χ1n) is 6.92. The van der Waals surface area contributed by atoms with Crippen molar-refractivity contribution >= 4 is 10.8 Å². The van der Waals surface area contributed by atoms with Gasteiger partial charge in [-0.1, -0.05) is 36.4 Å². The van der Waals surface area contributed by atoms with E-state index < -0.39 is 0 Å². The summed E-state index contributed by atoms with van der Waals surface area (Å²) in [5, 5.41) is 12.3. The van der Waals surface area contributed by atoms with Crippen LogP contribution in [-0.2, 0) is 0 Å².